The van der Waals surface area contributed by atoms with Gasteiger partial charge in [0.1, 0.15) is 23.6 Å². The summed E-state index contributed by atoms with van der Waals surface area (Å²) in [6.07, 6.45) is 0.489. The third kappa shape index (κ3) is 2.44. The van der Waals surface area contributed by atoms with E-state index in [4.69, 9.17) is 9.47 Å². The topological polar surface area (TPSA) is 74.9 Å². The fourth-order valence-corrected chi connectivity index (χ4v) is 4.80. The van der Waals surface area contributed by atoms with Crippen LogP contribution in [0.15, 0.2) is 42.5 Å². The average molecular weight is 405 g/mol. The number of nitrogens with zero attached hydrogens (tertiary/aromatic N) is 2. The van der Waals surface area contributed by atoms with Gasteiger partial charge in [-0.1, -0.05) is 18.2 Å². The highest BCUT2D eigenvalue weighted by atomic mass is 16.5. The first-order chi connectivity index (χ1) is 14.6. The molecule has 5 rings (SSSR count). The third-order valence-electron chi connectivity index (χ3n) is 6.18. The summed E-state index contributed by atoms with van der Waals surface area (Å²) in [5, 5.41) is 1.08. The molecule has 0 bridgehead atoms. The summed E-state index contributed by atoms with van der Waals surface area (Å²) in [7, 11) is 3.21. The molecule has 0 unspecified atom stereocenters. The lowest BCUT2D eigenvalue weighted by Gasteiger charge is -2.36. The molecule has 2 aliphatic heterocycles. The molecule has 1 saturated heterocycles. The third-order valence-corrected chi connectivity index (χ3v) is 6.18. The number of nitrogens with one attached hydrogen (secondary N) is 1. The summed E-state index contributed by atoms with van der Waals surface area (Å²) in [6.45, 7) is 2.17. The van der Waals surface area contributed by atoms with Crippen molar-refractivity contribution in [3.8, 4) is 11.5 Å². The van der Waals surface area contributed by atoms with Gasteiger partial charge in [0.15, 0.2) is 0 Å². The predicted octanol–water partition coefficient (Wildman–Crippen LogP) is 3.48. The van der Waals surface area contributed by atoms with Crippen LogP contribution in [0.1, 0.15) is 29.8 Å². The minimum atomic E-state index is -0.537. The van der Waals surface area contributed by atoms with Gasteiger partial charge in [0.05, 0.1) is 14.2 Å². The number of carbonyl (C=O) groups excluding carboxylic acids is 2. The van der Waals surface area contributed by atoms with Crippen molar-refractivity contribution in [3.63, 3.8) is 0 Å². The predicted molar refractivity (Wildman–Crippen MR) is 112 cm³/mol. The second-order valence-electron chi connectivity index (χ2n) is 7.57. The second-order valence-corrected chi connectivity index (χ2v) is 7.57. The van der Waals surface area contributed by atoms with Crippen LogP contribution in [-0.2, 0) is 11.2 Å². The molecule has 0 aliphatic carbocycles. The lowest BCUT2D eigenvalue weighted by molar-refractivity contribution is -0.128. The van der Waals surface area contributed by atoms with Gasteiger partial charge >= 0.3 is 6.03 Å². The fourth-order valence-electron chi connectivity index (χ4n) is 4.80. The van der Waals surface area contributed by atoms with Gasteiger partial charge in [0.25, 0.3) is 5.91 Å². The van der Waals surface area contributed by atoms with Crippen LogP contribution >= 0.6 is 0 Å². The zero-order chi connectivity index (χ0) is 21.0. The Bertz CT molecular complexity index is 1170. The zero-order valence-electron chi connectivity index (χ0n) is 17.1. The van der Waals surface area contributed by atoms with Crippen LogP contribution in [0.3, 0.4) is 0 Å². The molecule has 7 nitrogen and oxygen atoms in total. The van der Waals surface area contributed by atoms with Crippen LogP contribution in [0.4, 0.5) is 4.79 Å². The minimum absolute atomic E-state index is 0.148. The first-order valence-electron chi connectivity index (χ1n) is 10.0. The first-order valence-corrected chi connectivity index (χ1v) is 10.0. The number of methoxy groups -OCH3 is 2. The lowest BCUT2D eigenvalue weighted by Crippen LogP contribution is -2.44. The molecular formula is C23H23N3O4. The number of ether oxygens (including phenoxy) is 2. The molecule has 0 spiro atoms. The van der Waals surface area contributed by atoms with Crippen LogP contribution in [-0.4, -0.2) is 53.5 Å². The van der Waals surface area contributed by atoms with Crippen LogP contribution in [0.25, 0.3) is 10.9 Å². The largest absolute Gasteiger partial charge is 0.497 e. The van der Waals surface area contributed by atoms with Gasteiger partial charge < -0.3 is 14.5 Å². The number of rotatable bonds is 4. The number of carbonyl (C=O) groups is 2. The average Bonchev–Trinajstić information content (AvgIpc) is 3.26. The van der Waals surface area contributed by atoms with E-state index >= 15 is 0 Å². The van der Waals surface area contributed by atoms with Gasteiger partial charge in [-0.15, -0.1) is 0 Å². The van der Waals surface area contributed by atoms with E-state index in [1.807, 2.05) is 43.3 Å². The molecule has 2 atom stereocenters. The molecule has 1 N–H and O–H groups in total. The van der Waals surface area contributed by atoms with Gasteiger partial charge in [0.2, 0.25) is 0 Å². The lowest BCUT2D eigenvalue weighted by atomic mass is 9.88. The number of likely N-dealkylation sites (N-methyl/N-ethyl adjacent to an activating group) is 1. The molecule has 3 aromatic rings. The number of H-pyrrole nitrogens is 1. The number of aromatic amines is 1. The number of hydrogen-bond acceptors (Lipinski definition) is 4. The quantitative estimate of drug-likeness (QED) is 0.675. The molecular weight excluding hydrogens is 382 g/mol. The van der Waals surface area contributed by atoms with Crippen molar-refractivity contribution < 1.29 is 19.1 Å². The smallest absolute Gasteiger partial charge is 0.328 e. The van der Waals surface area contributed by atoms with Gasteiger partial charge in [-0.3, -0.25) is 14.6 Å². The Morgan fingerprint density at radius 1 is 1.10 bits per heavy atom. The van der Waals surface area contributed by atoms with Crippen molar-refractivity contribution in [3.05, 3.63) is 59.3 Å². The molecule has 30 heavy (non-hydrogen) atoms. The monoisotopic (exact) mass is 405 g/mol. The molecule has 0 saturated carbocycles. The van der Waals surface area contributed by atoms with E-state index in [0.717, 1.165) is 27.7 Å². The maximum Gasteiger partial charge on any atom is 0.328 e. The van der Waals surface area contributed by atoms with Gasteiger partial charge in [-0.05, 0) is 36.8 Å². The van der Waals surface area contributed by atoms with Gasteiger partial charge in [-0.25, -0.2) is 4.79 Å². The summed E-state index contributed by atoms with van der Waals surface area (Å²) in [5.41, 5.74) is 3.76. The molecule has 2 aliphatic rings. The van der Waals surface area contributed by atoms with Crippen molar-refractivity contribution >= 4 is 22.8 Å². The van der Waals surface area contributed by atoms with Crippen molar-refractivity contribution in [1.82, 2.24) is 14.8 Å². The number of aromatic nitrogens is 1. The van der Waals surface area contributed by atoms with Gasteiger partial charge in [0, 0.05) is 35.1 Å². The van der Waals surface area contributed by atoms with Crippen molar-refractivity contribution in [2.24, 2.45) is 0 Å². The molecule has 7 heteroatoms. The second kappa shape index (κ2) is 6.79. The number of amides is 3. The summed E-state index contributed by atoms with van der Waals surface area (Å²) in [6, 6.07) is 12.3. The highest BCUT2D eigenvalue weighted by Gasteiger charge is 2.52. The SMILES string of the molecule is CCN1C(=O)[C@H]2Cc3c([nH]c4ccccc34)[C@@H](c3cc(OC)ccc3OC)N2C1=O. The maximum absolute atomic E-state index is 13.3. The van der Waals surface area contributed by atoms with E-state index in [1.54, 1.807) is 19.1 Å². The summed E-state index contributed by atoms with van der Waals surface area (Å²) in [4.78, 5) is 32.9. The molecule has 3 amide bonds. The van der Waals surface area contributed by atoms with Crippen molar-refractivity contribution in [2.45, 2.75) is 25.4 Å². The Morgan fingerprint density at radius 2 is 1.90 bits per heavy atom. The van der Waals surface area contributed by atoms with Crippen LogP contribution < -0.4 is 9.47 Å². The highest BCUT2D eigenvalue weighted by Crippen LogP contribution is 2.46. The number of fused-ring (bicyclic) bond motifs is 4. The Morgan fingerprint density at radius 3 is 2.63 bits per heavy atom. The molecule has 1 fully saturated rings. The summed E-state index contributed by atoms with van der Waals surface area (Å²) in [5.74, 6) is 1.16. The first kappa shape index (κ1) is 18.5. The maximum atomic E-state index is 13.3. The number of imide groups is 1. The normalized spacial score (nSPS) is 20.5. The van der Waals surface area contributed by atoms with Gasteiger partial charge in [-0.2, -0.15) is 0 Å². The van der Waals surface area contributed by atoms with Crippen LogP contribution in [0, 0.1) is 0 Å². The molecule has 0 radical (unpaired) electrons. The number of hydrogen-bond donors (Lipinski definition) is 1. The summed E-state index contributed by atoms with van der Waals surface area (Å²) >= 11 is 0. The van der Waals surface area contributed by atoms with E-state index in [2.05, 4.69) is 11.1 Å². The Kier molecular flexibility index (Phi) is 4.20. The number of para-hydroxylation sites is 1. The van der Waals surface area contributed by atoms with Crippen LogP contribution in [0.2, 0.25) is 0 Å². The summed E-state index contributed by atoms with van der Waals surface area (Å²) < 4.78 is 11.1. The van der Waals surface area contributed by atoms with E-state index in [0.29, 0.717) is 24.5 Å². The number of benzene rings is 2. The Hall–Kier alpha value is -3.48. The van der Waals surface area contributed by atoms with E-state index in [1.165, 1.54) is 4.90 Å². The standard InChI is InChI=1S/C23H23N3O4/c1-4-25-22(27)18-12-15-14-7-5-6-8-17(14)24-20(15)21(26(18)23(25)28)16-11-13(29-2)9-10-19(16)30-3/h5-11,18,21,24H,4,12H2,1-3H3/t18-,21-/m1/s1. The molecule has 3 heterocycles. The fraction of sp³-hybridized carbons (Fsp3) is 0.304. The van der Waals surface area contributed by atoms with E-state index < -0.39 is 12.1 Å². The Balaban J connectivity index is 1.79. The van der Waals surface area contributed by atoms with E-state index in [-0.39, 0.29) is 11.9 Å². The minimum Gasteiger partial charge on any atom is -0.497 e. The highest BCUT2D eigenvalue weighted by molar-refractivity contribution is 6.05. The van der Waals surface area contributed by atoms with Crippen LogP contribution in [0.5, 0.6) is 11.5 Å². The van der Waals surface area contributed by atoms with Crippen molar-refractivity contribution in [2.75, 3.05) is 20.8 Å². The number of urea groups is 1. The zero-order valence-corrected chi connectivity index (χ0v) is 17.1. The molecule has 2 aromatic carbocycles. The Labute approximate surface area is 174 Å². The molecule has 154 valence electrons. The van der Waals surface area contributed by atoms with E-state index in [9.17, 15) is 9.59 Å². The van der Waals surface area contributed by atoms with Crippen molar-refractivity contribution in [1.29, 1.82) is 0 Å². The molecule has 1 aromatic heterocycles.